The van der Waals surface area contributed by atoms with Crippen molar-refractivity contribution < 1.29 is 19.1 Å². The molecule has 1 heterocycles. The van der Waals surface area contributed by atoms with Crippen LogP contribution in [0.4, 0.5) is 4.79 Å². The van der Waals surface area contributed by atoms with Crippen molar-refractivity contribution in [2.75, 3.05) is 7.11 Å². The average Bonchev–Trinajstić information content (AvgIpc) is 3.24. The van der Waals surface area contributed by atoms with Crippen LogP contribution in [-0.4, -0.2) is 28.7 Å². The quantitative estimate of drug-likeness (QED) is 0.329. The van der Waals surface area contributed by atoms with E-state index in [0.29, 0.717) is 24.5 Å². The van der Waals surface area contributed by atoms with Crippen LogP contribution in [0.2, 0.25) is 0 Å². The van der Waals surface area contributed by atoms with E-state index in [1.54, 1.807) is 0 Å². The van der Waals surface area contributed by atoms with Gasteiger partial charge in [0, 0.05) is 18.7 Å². The first-order valence-electron chi connectivity index (χ1n) is 11.8. The van der Waals surface area contributed by atoms with E-state index in [4.69, 9.17) is 9.47 Å². The van der Waals surface area contributed by atoms with Gasteiger partial charge in [0.05, 0.1) is 13.2 Å². The fourth-order valence-corrected chi connectivity index (χ4v) is 4.04. The second kappa shape index (κ2) is 11.8. The van der Waals surface area contributed by atoms with Crippen LogP contribution >= 0.6 is 0 Å². The summed E-state index contributed by atoms with van der Waals surface area (Å²) < 4.78 is 12.4. The third-order valence-electron chi connectivity index (χ3n) is 5.91. The number of esters is 1. The number of hydrogen-bond acceptors (Lipinski definition) is 5. The number of nitrogens with zero attached hydrogens (tertiary/aromatic N) is 2. The Hall–Kier alpha value is -4.39. The Bertz CT molecular complexity index is 1290. The Morgan fingerprint density at radius 3 is 2.00 bits per heavy atom. The summed E-state index contributed by atoms with van der Waals surface area (Å²) in [5.74, 6) is 0.0305. The minimum absolute atomic E-state index is 0.148. The lowest BCUT2D eigenvalue weighted by atomic mass is 10.1. The molecule has 0 saturated carbocycles. The van der Waals surface area contributed by atoms with E-state index >= 15 is 0 Å². The van der Waals surface area contributed by atoms with Gasteiger partial charge in [-0.25, -0.2) is 14.6 Å². The lowest BCUT2D eigenvalue weighted by Gasteiger charge is -2.21. The van der Waals surface area contributed by atoms with E-state index in [1.807, 2.05) is 102 Å². The number of methoxy groups -OCH3 is 1. The number of hydrogen-bond donors (Lipinski definition) is 1. The predicted octanol–water partition coefficient (Wildman–Crippen LogP) is 5.24. The summed E-state index contributed by atoms with van der Waals surface area (Å²) in [6.45, 7) is 2.46. The number of aromatic nitrogens is 2. The molecule has 3 aromatic carbocycles. The zero-order valence-corrected chi connectivity index (χ0v) is 20.4. The highest BCUT2D eigenvalue weighted by Crippen LogP contribution is 2.24. The molecule has 0 saturated heterocycles. The number of imidazole rings is 1. The van der Waals surface area contributed by atoms with Crippen LogP contribution in [0.15, 0.2) is 91.0 Å². The van der Waals surface area contributed by atoms with Crippen LogP contribution < -0.4 is 5.32 Å². The fourth-order valence-electron chi connectivity index (χ4n) is 4.04. The van der Waals surface area contributed by atoms with E-state index < -0.39 is 18.1 Å². The van der Waals surface area contributed by atoms with Gasteiger partial charge in [-0.05, 0) is 23.6 Å². The topological polar surface area (TPSA) is 82.4 Å². The molecule has 1 aromatic heterocycles. The number of benzene rings is 3. The minimum Gasteiger partial charge on any atom is -0.464 e. The molecule has 0 radical (unpaired) electrons. The molecule has 0 spiro atoms. The van der Waals surface area contributed by atoms with Gasteiger partial charge < -0.3 is 19.4 Å². The number of carbonyl (C=O) groups is 2. The molecule has 0 aliphatic rings. The number of carbonyl (C=O) groups excluding carboxylic acids is 2. The SMILES string of the molecule is COC(=O)c1nc([C@H](Cc2ccccc2)NC(=O)OCc2ccccc2)n(Cc2ccccc2)c1C. The maximum Gasteiger partial charge on any atom is 0.408 e. The zero-order valence-electron chi connectivity index (χ0n) is 20.4. The van der Waals surface area contributed by atoms with Crippen LogP contribution in [0, 0.1) is 6.92 Å². The molecular weight excluding hydrogens is 454 g/mol. The van der Waals surface area contributed by atoms with Gasteiger partial charge in [-0.15, -0.1) is 0 Å². The molecular formula is C29H29N3O4. The van der Waals surface area contributed by atoms with Gasteiger partial charge in [0.25, 0.3) is 0 Å². The maximum atomic E-state index is 12.9. The number of nitrogens with one attached hydrogen (secondary N) is 1. The Kier molecular flexibility index (Phi) is 8.13. The molecule has 1 N–H and O–H groups in total. The summed E-state index contributed by atoms with van der Waals surface area (Å²) in [5.41, 5.74) is 3.83. The van der Waals surface area contributed by atoms with Gasteiger partial charge in [0.2, 0.25) is 0 Å². The molecule has 4 aromatic rings. The fraction of sp³-hybridized carbons (Fsp3) is 0.207. The van der Waals surface area contributed by atoms with Gasteiger partial charge in [-0.1, -0.05) is 91.0 Å². The van der Waals surface area contributed by atoms with E-state index in [-0.39, 0.29) is 12.3 Å². The Morgan fingerprint density at radius 2 is 1.42 bits per heavy atom. The second-order valence-corrected chi connectivity index (χ2v) is 8.42. The molecule has 0 unspecified atom stereocenters. The van der Waals surface area contributed by atoms with Crippen molar-refractivity contribution in [3.8, 4) is 0 Å². The van der Waals surface area contributed by atoms with E-state index in [2.05, 4.69) is 10.3 Å². The van der Waals surface area contributed by atoms with Crippen LogP contribution in [-0.2, 0) is 29.0 Å². The monoisotopic (exact) mass is 483 g/mol. The highest BCUT2D eigenvalue weighted by Gasteiger charge is 2.27. The third kappa shape index (κ3) is 6.18. The van der Waals surface area contributed by atoms with Crippen molar-refractivity contribution in [3.05, 3.63) is 125 Å². The Balaban J connectivity index is 1.67. The standard InChI is InChI=1S/C29H29N3O4/c1-21-26(28(33)35-2)31-27(32(21)19-23-14-8-4-9-15-23)25(18-22-12-6-3-7-13-22)30-29(34)36-20-24-16-10-5-11-17-24/h3-17,25H,18-20H2,1-2H3,(H,30,34)/t25-/m0/s1. The Labute approximate surface area is 210 Å². The van der Waals surface area contributed by atoms with E-state index in [9.17, 15) is 9.59 Å². The van der Waals surface area contributed by atoms with E-state index in [1.165, 1.54) is 7.11 Å². The average molecular weight is 484 g/mol. The molecule has 0 aliphatic carbocycles. The number of amides is 1. The molecule has 0 bridgehead atoms. The molecule has 0 fully saturated rings. The molecule has 7 nitrogen and oxygen atoms in total. The summed E-state index contributed by atoms with van der Waals surface area (Å²) >= 11 is 0. The number of alkyl carbamates (subject to hydrolysis) is 1. The van der Waals surface area contributed by atoms with Crippen molar-refractivity contribution in [1.29, 1.82) is 0 Å². The molecule has 36 heavy (non-hydrogen) atoms. The zero-order chi connectivity index (χ0) is 25.3. The predicted molar refractivity (Wildman–Crippen MR) is 136 cm³/mol. The summed E-state index contributed by atoms with van der Waals surface area (Å²) in [5, 5.41) is 2.98. The largest absolute Gasteiger partial charge is 0.464 e. The highest BCUT2D eigenvalue weighted by atomic mass is 16.5. The maximum absolute atomic E-state index is 12.9. The highest BCUT2D eigenvalue weighted by molar-refractivity contribution is 5.88. The molecule has 4 rings (SSSR count). The summed E-state index contributed by atoms with van der Waals surface area (Å²) in [6, 6.07) is 28.6. The lowest BCUT2D eigenvalue weighted by Crippen LogP contribution is -2.32. The van der Waals surface area contributed by atoms with Crippen molar-refractivity contribution >= 4 is 12.1 Å². The minimum atomic E-state index is -0.564. The van der Waals surface area contributed by atoms with Crippen LogP contribution in [0.1, 0.15) is 44.7 Å². The third-order valence-corrected chi connectivity index (χ3v) is 5.91. The summed E-state index contributed by atoms with van der Waals surface area (Å²) in [6.07, 6.45) is -0.0982. The van der Waals surface area contributed by atoms with Crippen LogP contribution in [0.3, 0.4) is 0 Å². The summed E-state index contributed by atoms with van der Waals surface area (Å²) in [7, 11) is 1.33. The Morgan fingerprint density at radius 1 is 0.861 bits per heavy atom. The molecule has 1 atom stereocenters. The van der Waals surface area contributed by atoms with Gasteiger partial charge in [-0.2, -0.15) is 0 Å². The van der Waals surface area contributed by atoms with Gasteiger partial charge in [-0.3, -0.25) is 0 Å². The van der Waals surface area contributed by atoms with Crippen molar-refractivity contribution in [2.24, 2.45) is 0 Å². The van der Waals surface area contributed by atoms with Crippen LogP contribution in [0.5, 0.6) is 0 Å². The van der Waals surface area contributed by atoms with Crippen molar-refractivity contribution in [3.63, 3.8) is 0 Å². The number of ether oxygens (including phenoxy) is 2. The smallest absolute Gasteiger partial charge is 0.408 e. The van der Waals surface area contributed by atoms with Crippen molar-refractivity contribution in [2.45, 2.75) is 32.5 Å². The molecule has 1 amide bonds. The molecule has 7 heteroatoms. The van der Waals surface area contributed by atoms with Gasteiger partial charge in [0.1, 0.15) is 12.4 Å². The van der Waals surface area contributed by atoms with Gasteiger partial charge >= 0.3 is 12.1 Å². The normalized spacial score (nSPS) is 11.5. The second-order valence-electron chi connectivity index (χ2n) is 8.42. The first kappa shape index (κ1) is 24.7. The molecule has 184 valence electrons. The first-order chi connectivity index (χ1) is 17.5. The number of rotatable bonds is 9. The van der Waals surface area contributed by atoms with Crippen molar-refractivity contribution in [1.82, 2.24) is 14.9 Å². The van der Waals surface area contributed by atoms with Crippen LogP contribution in [0.25, 0.3) is 0 Å². The lowest BCUT2D eigenvalue weighted by molar-refractivity contribution is 0.0593. The summed E-state index contributed by atoms with van der Waals surface area (Å²) in [4.78, 5) is 30.0. The van der Waals surface area contributed by atoms with E-state index in [0.717, 1.165) is 16.7 Å². The first-order valence-corrected chi connectivity index (χ1v) is 11.8. The van der Waals surface area contributed by atoms with Gasteiger partial charge in [0.15, 0.2) is 5.69 Å². The molecule has 0 aliphatic heterocycles.